The number of unbranched alkanes of at least 4 members (excludes halogenated alkanes) is 2. The molecule has 0 aliphatic rings. The van der Waals surface area contributed by atoms with Gasteiger partial charge in [-0.3, -0.25) is 4.79 Å². The number of hydrogen-bond acceptors (Lipinski definition) is 3. The molecule has 0 amide bonds. The fourth-order valence-electron chi connectivity index (χ4n) is 1.52. The Morgan fingerprint density at radius 1 is 0.625 bits per heavy atom. The Kier molecular flexibility index (Phi) is 8.68. The summed E-state index contributed by atoms with van der Waals surface area (Å²) < 4.78 is 0. The van der Waals surface area contributed by atoms with Gasteiger partial charge in [0.05, 0.1) is 0 Å². The Morgan fingerprint density at radius 3 is 1.25 bits per heavy atom. The Balaban J connectivity index is 3.31. The first kappa shape index (κ1) is 15.0. The van der Waals surface area contributed by atoms with E-state index >= 15 is 0 Å². The van der Waals surface area contributed by atoms with Gasteiger partial charge in [-0.25, -0.2) is 0 Å². The van der Waals surface area contributed by atoms with Crippen LogP contribution in [-0.4, -0.2) is 17.3 Å². The van der Waals surface area contributed by atoms with E-state index in [1.165, 1.54) is 0 Å². The van der Waals surface area contributed by atoms with Crippen LogP contribution in [0.1, 0.15) is 65.2 Å². The van der Waals surface area contributed by atoms with Gasteiger partial charge in [0.25, 0.3) is 0 Å². The number of ketones is 3. The van der Waals surface area contributed by atoms with Gasteiger partial charge in [0.15, 0.2) is 0 Å². The molecule has 3 heteroatoms. The molecule has 0 rings (SSSR count). The van der Waals surface area contributed by atoms with Crippen molar-refractivity contribution < 1.29 is 14.4 Å². The van der Waals surface area contributed by atoms with Gasteiger partial charge in [-0.2, -0.15) is 0 Å². The molecule has 0 aliphatic carbocycles. The number of carbonyl (C=O) groups excluding carboxylic acids is 3. The second-order valence-electron chi connectivity index (χ2n) is 4.36. The minimum atomic E-state index is 0.189. The molecule has 0 aliphatic heterocycles. The van der Waals surface area contributed by atoms with Gasteiger partial charge in [0, 0.05) is 25.7 Å². The molecule has 0 aromatic heterocycles. The van der Waals surface area contributed by atoms with Gasteiger partial charge in [0.2, 0.25) is 0 Å². The van der Waals surface area contributed by atoms with E-state index < -0.39 is 0 Å². The van der Waals surface area contributed by atoms with Crippen LogP contribution in [-0.2, 0) is 14.4 Å². The van der Waals surface area contributed by atoms with Crippen molar-refractivity contribution >= 4 is 17.3 Å². The molecule has 0 unspecified atom stereocenters. The molecule has 0 bridgehead atoms. The quantitative estimate of drug-likeness (QED) is 0.538. The molecular formula is C13H22O3. The lowest BCUT2D eigenvalue weighted by atomic mass is 10.0. The van der Waals surface area contributed by atoms with Gasteiger partial charge < -0.3 is 9.59 Å². The summed E-state index contributed by atoms with van der Waals surface area (Å²) in [6.07, 6.45) is 5.56. The van der Waals surface area contributed by atoms with Gasteiger partial charge in [0.1, 0.15) is 17.3 Å². The SMILES string of the molecule is CC(=O)CCCCC(=O)CCCCC(C)=O. The van der Waals surface area contributed by atoms with Crippen LogP contribution in [0.5, 0.6) is 0 Å². The fraction of sp³-hybridized carbons (Fsp3) is 0.769. The van der Waals surface area contributed by atoms with Crippen molar-refractivity contribution in [1.29, 1.82) is 0 Å². The molecule has 0 radical (unpaired) electrons. The Bertz CT molecular complexity index is 220. The van der Waals surface area contributed by atoms with Crippen LogP contribution >= 0.6 is 0 Å². The van der Waals surface area contributed by atoms with Crippen molar-refractivity contribution in [3.63, 3.8) is 0 Å². The van der Waals surface area contributed by atoms with Crippen LogP contribution in [0.15, 0.2) is 0 Å². The minimum absolute atomic E-state index is 0.189. The predicted molar refractivity (Wildman–Crippen MR) is 63.3 cm³/mol. The van der Waals surface area contributed by atoms with Crippen LogP contribution < -0.4 is 0 Å². The number of rotatable bonds is 10. The Hall–Kier alpha value is -0.990. The van der Waals surface area contributed by atoms with Crippen LogP contribution in [0.2, 0.25) is 0 Å². The Labute approximate surface area is 97.6 Å². The summed E-state index contributed by atoms with van der Waals surface area (Å²) in [6, 6.07) is 0. The highest BCUT2D eigenvalue weighted by Crippen LogP contribution is 2.07. The highest BCUT2D eigenvalue weighted by atomic mass is 16.1. The molecule has 0 aromatic carbocycles. The van der Waals surface area contributed by atoms with Crippen molar-refractivity contribution in [3.05, 3.63) is 0 Å². The van der Waals surface area contributed by atoms with Crippen molar-refractivity contribution in [2.24, 2.45) is 0 Å². The minimum Gasteiger partial charge on any atom is -0.300 e. The first-order valence-corrected chi connectivity index (χ1v) is 6.03. The zero-order chi connectivity index (χ0) is 12.4. The van der Waals surface area contributed by atoms with Gasteiger partial charge in [-0.05, 0) is 39.5 Å². The zero-order valence-corrected chi connectivity index (χ0v) is 10.4. The topological polar surface area (TPSA) is 51.2 Å². The molecule has 0 heterocycles. The molecule has 0 N–H and O–H groups in total. The third kappa shape index (κ3) is 11.1. The highest BCUT2D eigenvalue weighted by Gasteiger charge is 2.03. The maximum absolute atomic E-state index is 11.4. The van der Waals surface area contributed by atoms with E-state index in [2.05, 4.69) is 0 Å². The third-order valence-corrected chi connectivity index (χ3v) is 2.47. The molecule has 3 nitrogen and oxygen atoms in total. The van der Waals surface area contributed by atoms with Crippen molar-refractivity contribution in [1.82, 2.24) is 0 Å². The monoisotopic (exact) mass is 226 g/mol. The van der Waals surface area contributed by atoms with Crippen LogP contribution in [0.3, 0.4) is 0 Å². The first-order valence-electron chi connectivity index (χ1n) is 6.03. The van der Waals surface area contributed by atoms with Crippen molar-refractivity contribution in [2.75, 3.05) is 0 Å². The standard InChI is InChI=1S/C13H22O3/c1-11(14)7-3-5-9-13(16)10-6-4-8-12(2)15/h3-10H2,1-2H3. The number of hydrogen-bond donors (Lipinski definition) is 0. The summed E-state index contributed by atoms with van der Waals surface area (Å²) >= 11 is 0. The van der Waals surface area contributed by atoms with Crippen LogP contribution in [0.4, 0.5) is 0 Å². The van der Waals surface area contributed by atoms with Crippen LogP contribution in [0.25, 0.3) is 0 Å². The van der Waals surface area contributed by atoms with E-state index in [1.54, 1.807) is 13.8 Å². The molecule has 0 aromatic rings. The molecule has 0 atom stereocenters. The number of carbonyl (C=O) groups is 3. The molecule has 0 saturated carbocycles. The second-order valence-corrected chi connectivity index (χ2v) is 4.36. The molecular weight excluding hydrogens is 204 g/mol. The lowest BCUT2D eigenvalue weighted by Gasteiger charge is -2.00. The second kappa shape index (κ2) is 9.25. The van der Waals surface area contributed by atoms with Crippen molar-refractivity contribution in [3.8, 4) is 0 Å². The van der Waals surface area contributed by atoms with E-state index in [4.69, 9.17) is 0 Å². The first-order chi connectivity index (χ1) is 7.52. The smallest absolute Gasteiger partial charge is 0.132 e. The molecule has 0 spiro atoms. The van der Waals surface area contributed by atoms with Gasteiger partial charge >= 0.3 is 0 Å². The zero-order valence-electron chi connectivity index (χ0n) is 10.4. The molecule has 0 saturated heterocycles. The third-order valence-electron chi connectivity index (χ3n) is 2.47. The molecule has 92 valence electrons. The average Bonchev–Trinajstić information content (AvgIpc) is 2.19. The van der Waals surface area contributed by atoms with E-state index in [0.29, 0.717) is 25.7 Å². The summed E-state index contributed by atoms with van der Waals surface area (Å²) in [5.74, 6) is 0.634. The maximum Gasteiger partial charge on any atom is 0.132 e. The largest absolute Gasteiger partial charge is 0.300 e. The van der Waals surface area contributed by atoms with Crippen LogP contribution in [0, 0.1) is 0 Å². The van der Waals surface area contributed by atoms with Crippen molar-refractivity contribution in [2.45, 2.75) is 65.2 Å². The average molecular weight is 226 g/mol. The fourth-order valence-corrected chi connectivity index (χ4v) is 1.52. The van der Waals surface area contributed by atoms with Gasteiger partial charge in [-0.1, -0.05) is 0 Å². The summed E-state index contributed by atoms with van der Waals surface area (Å²) in [7, 11) is 0. The maximum atomic E-state index is 11.4. The van der Waals surface area contributed by atoms with E-state index in [-0.39, 0.29) is 17.3 Å². The summed E-state index contributed by atoms with van der Waals surface area (Å²) in [6.45, 7) is 3.15. The van der Waals surface area contributed by atoms with E-state index in [1.807, 2.05) is 0 Å². The van der Waals surface area contributed by atoms with Gasteiger partial charge in [-0.15, -0.1) is 0 Å². The highest BCUT2D eigenvalue weighted by molar-refractivity contribution is 5.79. The molecule has 0 fully saturated rings. The normalized spacial score (nSPS) is 10.1. The lowest BCUT2D eigenvalue weighted by Crippen LogP contribution is -1.99. The Morgan fingerprint density at radius 2 is 0.938 bits per heavy atom. The lowest BCUT2D eigenvalue weighted by molar-refractivity contribution is -0.120. The molecule has 16 heavy (non-hydrogen) atoms. The predicted octanol–water partition coefficient (Wildman–Crippen LogP) is 2.85. The summed E-state index contributed by atoms with van der Waals surface area (Å²) in [5.41, 5.74) is 0. The van der Waals surface area contributed by atoms with E-state index in [0.717, 1.165) is 25.7 Å². The van der Waals surface area contributed by atoms with E-state index in [9.17, 15) is 14.4 Å². The summed E-state index contributed by atoms with van der Waals surface area (Å²) in [5, 5.41) is 0. The summed E-state index contributed by atoms with van der Waals surface area (Å²) in [4.78, 5) is 32.7. The number of Topliss-reactive ketones (excluding diaryl/α,β-unsaturated/α-hetero) is 3.